The van der Waals surface area contributed by atoms with Crippen LogP contribution in [-0.4, -0.2) is 6.54 Å². The minimum atomic E-state index is -0.252. The molecule has 112 valence electrons. The minimum Gasteiger partial charge on any atom is -0.310 e. The Morgan fingerprint density at radius 3 is 2.57 bits per heavy atom. The Hall–Kier alpha value is -1.38. The Bertz CT molecular complexity index is 583. The average molecular weight is 306 g/mol. The molecule has 1 nitrogen and oxygen atoms in total. The van der Waals surface area contributed by atoms with Crippen LogP contribution in [0.3, 0.4) is 0 Å². The SMILES string of the molecule is CCCNC(Cc1ccccc1)c1cc(C)c(F)cc1Cl. The number of benzene rings is 2. The highest BCUT2D eigenvalue weighted by atomic mass is 35.5. The summed E-state index contributed by atoms with van der Waals surface area (Å²) in [6.45, 7) is 4.81. The molecule has 0 spiro atoms. The van der Waals surface area contributed by atoms with Crippen molar-refractivity contribution in [2.75, 3.05) is 6.54 Å². The van der Waals surface area contributed by atoms with Gasteiger partial charge in [0.05, 0.1) is 0 Å². The van der Waals surface area contributed by atoms with Gasteiger partial charge in [-0.2, -0.15) is 0 Å². The van der Waals surface area contributed by atoms with Gasteiger partial charge < -0.3 is 5.32 Å². The Balaban J connectivity index is 2.29. The van der Waals surface area contributed by atoms with Crippen LogP contribution < -0.4 is 5.32 Å². The van der Waals surface area contributed by atoms with E-state index in [-0.39, 0.29) is 11.9 Å². The summed E-state index contributed by atoms with van der Waals surface area (Å²) < 4.78 is 13.6. The zero-order valence-corrected chi connectivity index (χ0v) is 13.3. The maximum Gasteiger partial charge on any atom is 0.127 e. The van der Waals surface area contributed by atoms with Gasteiger partial charge in [0.15, 0.2) is 0 Å². The number of nitrogens with one attached hydrogen (secondary N) is 1. The number of halogens is 2. The molecule has 0 aliphatic carbocycles. The molecule has 0 saturated heterocycles. The maximum absolute atomic E-state index is 13.6. The molecular weight excluding hydrogens is 285 g/mol. The first-order valence-electron chi connectivity index (χ1n) is 7.34. The summed E-state index contributed by atoms with van der Waals surface area (Å²) in [5.74, 6) is -0.252. The van der Waals surface area contributed by atoms with Crippen LogP contribution in [0.2, 0.25) is 5.02 Å². The molecule has 1 unspecified atom stereocenters. The predicted octanol–water partition coefficient (Wildman–Crippen LogP) is 5.07. The van der Waals surface area contributed by atoms with Gasteiger partial charge in [-0.15, -0.1) is 0 Å². The lowest BCUT2D eigenvalue weighted by atomic mass is 9.97. The molecule has 0 amide bonds. The first-order chi connectivity index (χ1) is 10.1. The van der Waals surface area contributed by atoms with E-state index in [1.54, 1.807) is 6.92 Å². The molecule has 1 atom stereocenters. The molecule has 0 aliphatic rings. The highest BCUT2D eigenvalue weighted by Gasteiger charge is 2.16. The van der Waals surface area contributed by atoms with Crippen LogP contribution in [0, 0.1) is 12.7 Å². The molecule has 2 aromatic rings. The van der Waals surface area contributed by atoms with E-state index in [9.17, 15) is 4.39 Å². The van der Waals surface area contributed by atoms with E-state index in [1.165, 1.54) is 11.6 Å². The van der Waals surface area contributed by atoms with Crippen molar-refractivity contribution < 1.29 is 4.39 Å². The normalized spacial score (nSPS) is 12.4. The van der Waals surface area contributed by atoms with Crippen molar-refractivity contribution in [1.29, 1.82) is 0 Å². The van der Waals surface area contributed by atoms with Crippen molar-refractivity contribution in [3.05, 3.63) is 70.0 Å². The fourth-order valence-corrected chi connectivity index (χ4v) is 2.69. The van der Waals surface area contributed by atoms with Gasteiger partial charge in [-0.25, -0.2) is 4.39 Å². The van der Waals surface area contributed by atoms with E-state index < -0.39 is 0 Å². The van der Waals surface area contributed by atoms with E-state index in [2.05, 4.69) is 24.4 Å². The van der Waals surface area contributed by atoms with Crippen LogP contribution in [0.25, 0.3) is 0 Å². The van der Waals surface area contributed by atoms with E-state index in [0.29, 0.717) is 10.6 Å². The van der Waals surface area contributed by atoms with Gasteiger partial charge in [0.1, 0.15) is 5.82 Å². The van der Waals surface area contributed by atoms with Crippen LogP contribution in [0.1, 0.15) is 36.1 Å². The molecular formula is C18H21ClFN. The van der Waals surface area contributed by atoms with Crippen molar-refractivity contribution in [2.24, 2.45) is 0 Å². The third-order valence-electron chi connectivity index (χ3n) is 3.58. The molecule has 21 heavy (non-hydrogen) atoms. The van der Waals surface area contributed by atoms with Crippen molar-refractivity contribution in [3.8, 4) is 0 Å². The average Bonchev–Trinajstić information content (AvgIpc) is 2.48. The fraction of sp³-hybridized carbons (Fsp3) is 0.333. The fourth-order valence-electron chi connectivity index (χ4n) is 2.41. The predicted molar refractivity (Wildman–Crippen MR) is 87.3 cm³/mol. The molecule has 2 rings (SSSR count). The highest BCUT2D eigenvalue weighted by Crippen LogP contribution is 2.28. The topological polar surface area (TPSA) is 12.0 Å². The Morgan fingerprint density at radius 1 is 1.19 bits per heavy atom. The van der Waals surface area contributed by atoms with Gasteiger partial charge in [-0.05, 0) is 49.1 Å². The molecule has 0 saturated carbocycles. The molecule has 0 radical (unpaired) electrons. The first-order valence-corrected chi connectivity index (χ1v) is 7.72. The number of hydrogen-bond donors (Lipinski definition) is 1. The summed E-state index contributed by atoms with van der Waals surface area (Å²) in [5.41, 5.74) is 2.84. The second-order valence-electron chi connectivity index (χ2n) is 5.32. The Labute approximate surface area is 131 Å². The van der Waals surface area contributed by atoms with E-state index in [1.807, 2.05) is 24.3 Å². The summed E-state index contributed by atoms with van der Waals surface area (Å²) in [5, 5.41) is 4.00. The van der Waals surface area contributed by atoms with Crippen molar-refractivity contribution >= 4 is 11.6 Å². The van der Waals surface area contributed by atoms with Gasteiger partial charge in [0.2, 0.25) is 0 Å². The number of rotatable bonds is 6. The summed E-state index contributed by atoms with van der Waals surface area (Å²) in [4.78, 5) is 0. The molecule has 3 heteroatoms. The quantitative estimate of drug-likeness (QED) is 0.785. The molecule has 2 aromatic carbocycles. The number of aryl methyl sites for hydroxylation is 1. The maximum atomic E-state index is 13.6. The lowest BCUT2D eigenvalue weighted by molar-refractivity contribution is 0.527. The van der Waals surface area contributed by atoms with Crippen molar-refractivity contribution in [1.82, 2.24) is 5.32 Å². The lowest BCUT2D eigenvalue weighted by Crippen LogP contribution is -2.24. The largest absolute Gasteiger partial charge is 0.310 e. The van der Waals surface area contributed by atoms with Crippen LogP contribution >= 0.6 is 11.6 Å². The third-order valence-corrected chi connectivity index (χ3v) is 3.90. The Kier molecular flexibility index (Phi) is 5.77. The monoisotopic (exact) mass is 305 g/mol. The second kappa shape index (κ2) is 7.58. The van der Waals surface area contributed by atoms with Crippen molar-refractivity contribution in [2.45, 2.75) is 32.7 Å². The molecule has 0 heterocycles. The highest BCUT2D eigenvalue weighted by molar-refractivity contribution is 6.31. The molecule has 0 aliphatic heterocycles. The van der Waals surface area contributed by atoms with Gasteiger partial charge >= 0.3 is 0 Å². The minimum absolute atomic E-state index is 0.0964. The Morgan fingerprint density at radius 2 is 1.90 bits per heavy atom. The van der Waals surface area contributed by atoms with E-state index >= 15 is 0 Å². The van der Waals surface area contributed by atoms with Crippen LogP contribution in [0.15, 0.2) is 42.5 Å². The second-order valence-corrected chi connectivity index (χ2v) is 5.73. The molecule has 0 fully saturated rings. The van der Waals surface area contributed by atoms with Gasteiger partial charge in [-0.3, -0.25) is 0 Å². The first kappa shape index (κ1) is 16.0. The summed E-state index contributed by atoms with van der Waals surface area (Å²) >= 11 is 6.26. The molecule has 1 N–H and O–H groups in total. The standard InChI is InChI=1S/C18H21ClFN/c1-3-9-21-18(11-14-7-5-4-6-8-14)15-10-13(2)17(20)12-16(15)19/h4-8,10,12,18,21H,3,9,11H2,1-2H3. The van der Waals surface area contributed by atoms with Crippen LogP contribution in [0.5, 0.6) is 0 Å². The van der Waals surface area contributed by atoms with Crippen molar-refractivity contribution in [3.63, 3.8) is 0 Å². The van der Waals surface area contributed by atoms with Crippen LogP contribution in [-0.2, 0) is 6.42 Å². The summed E-state index contributed by atoms with van der Waals surface area (Å²) in [6, 6.07) is 13.6. The molecule has 0 bridgehead atoms. The van der Waals surface area contributed by atoms with E-state index in [0.717, 1.165) is 24.9 Å². The third kappa shape index (κ3) is 4.29. The van der Waals surface area contributed by atoms with Gasteiger partial charge in [0, 0.05) is 11.1 Å². The zero-order valence-electron chi connectivity index (χ0n) is 12.5. The van der Waals surface area contributed by atoms with Crippen LogP contribution in [0.4, 0.5) is 4.39 Å². The summed E-state index contributed by atoms with van der Waals surface area (Å²) in [7, 11) is 0. The van der Waals surface area contributed by atoms with E-state index in [4.69, 9.17) is 11.6 Å². The number of hydrogen-bond acceptors (Lipinski definition) is 1. The van der Waals surface area contributed by atoms with Gasteiger partial charge in [0.25, 0.3) is 0 Å². The lowest BCUT2D eigenvalue weighted by Gasteiger charge is -2.21. The summed E-state index contributed by atoms with van der Waals surface area (Å²) in [6.07, 6.45) is 1.88. The zero-order chi connectivity index (χ0) is 15.2. The molecule has 0 aromatic heterocycles. The van der Waals surface area contributed by atoms with Gasteiger partial charge in [-0.1, -0.05) is 54.9 Å². The smallest absolute Gasteiger partial charge is 0.127 e.